The Balaban J connectivity index is 2.45. The van der Waals surface area contributed by atoms with Crippen molar-refractivity contribution in [3.05, 3.63) is 53.6 Å². The van der Waals surface area contributed by atoms with Gasteiger partial charge in [0.1, 0.15) is 11.3 Å². The highest BCUT2D eigenvalue weighted by molar-refractivity contribution is 9.09. The van der Waals surface area contributed by atoms with E-state index in [1.165, 1.54) is 6.08 Å². The van der Waals surface area contributed by atoms with Crippen LogP contribution >= 0.6 is 15.9 Å². The lowest BCUT2D eigenvalue weighted by Crippen LogP contribution is -2.31. The zero-order valence-corrected chi connectivity index (χ0v) is 14.6. The molecule has 0 saturated heterocycles. The van der Waals surface area contributed by atoms with Crippen LogP contribution in [0.3, 0.4) is 0 Å². The highest BCUT2D eigenvalue weighted by Crippen LogP contribution is 2.37. The molecule has 0 spiro atoms. The Morgan fingerprint density at radius 3 is 2.50 bits per heavy atom. The number of rotatable bonds is 3. The second-order valence-corrected chi connectivity index (χ2v) is 7.00. The van der Waals surface area contributed by atoms with Crippen molar-refractivity contribution in [2.45, 2.75) is 38.5 Å². The zero-order chi connectivity index (χ0) is 16.4. The lowest BCUT2D eigenvalue weighted by Gasteiger charge is -2.28. The molecule has 1 aliphatic rings. The minimum atomic E-state index is -1.56. The Morgan fingerprint density at radius 2 is 1.95 bits per heavy atom. The van der Waals surface area contributed by atoms with Gasteiger partial charge < -0.3 is 4.74 Å². The van der Waals surface area contributed by atoms with Crippen molar-refractivity contribution in [1.82, 2.24) is 0 Å². The lowest BCUT2D eigenvalue weighted by atomic mass is 9.85. The summed E-state index contributed by atoms with van der Waals surface area (Å²) in [6.45, 7) is 5.42. The third-order valence-electron chi connectivity index (χ3n) is 3.30. The van der Waals surface area contributed by atoms with E-state index >= 15 is 0 Å². The third kappa shape index (κ3) is 4.07. The van der Waals surface area contributed by atoms with Gasteiger partial charge in [-0.2, -0.15) is 0 Å². The molecular weight excluding hydrogens is 347 g/mol. The number of carbonyl (C=O) groups excluding carboxylic acids is 1. The van der Waals surface area contributed by atoms with Crippen molar-refractivity contribution in [3.8, 4) is 0 Å². The Labute approximate surface area is 139 Å². The van der Waals surface area contributed by atoms with Gasteiger partial charge in [0.05, 0.1) is 0 Å². The monoisotopic (exact) mass is 366 g/mol. The van der Waals surface area contributed by atoms with Crippen LogP contribution in [0.25, 0.3) is 5.57 Å². The van der Waals surface area contributed by atoms with Gasteiger partial charge in [0, 0.05) is 17.3 Å². The second kappa shape index (κ2) is 6.37. The molecule has 0 radical (unpaired) electrons. The summed E-state index contributed by atoms with van der Waals surface area (Å²) < 4.78 is 20.1. The molecule has 0 bridgehead atoms. The van der Waals surface area contributed by atoms with Crippen molar-refractivity contribution in [2.24, 2.45) is 0 Å². The van der Waals surface area contributed by atoms with E-state index in [1.807, 2.05) is 30.3 Å². The average Bonchev–Trinajstić information content (AvgIpc) is 2.46. The third-order valence-corrected chi connectivity index (χ3v) is 4.23. The van der Waals surface area contributed by atoms with Gasteiger partial charge in [-0.1, -0.05) is 52.3 Å². The molecule has 2 nitrogen and oxygen atoms in total. The molecule has 118 valence electrons. The predicted molar refractivity (Wildman–Crippen MR) is 90.6 cm³/mol. The van der Waals surface area contributed by atoms with Crippen LogP contribution in [0.4, 0.5) is 4.39 Å². The van der Waals surface area contributed by atoms with Crippen LogP contribution in [0.1, 0.15) is 32.8 Å². The molecule has 0 heterocycles. The summed E-state index contributed by atoms with van der Waals surface area (Å²) in [6, 6.07) is 9.50. The fourth-order valence-corrected chi connectivity index (χ4v) is 2.67. The number of allylic oxidation sites excluding steroid dienone is 3. The predicted octanol–water partition coefficient (Wildman–Crippen LogP) is 4.85. The van der Waals surface area contributed by atoms with Crippen LogP contribution in [-0.2, 0) is 9.53 Å². The molecule has 1 aromatic rings. The van der Waals surface area contributed by atoms with Crippen molar-refractivity contribution in [3.63, 3.8) is 0 Å². The number of carbonyl (C=O) groups is 1. The van der Waals surface area contributed by atoms with E-state index in [0.29, 0.717) is 5.57 Å². The zero-order valence-electron chi connectivity index (χ0n) is 13.0. The summed E-state index contributed by atoms with van der Waals surface area (Å²) in [5, 5.41) is 0.144. The quantitative estimate of drug-likeness (QED) is 0.564. The Kier molecular flexibility index (Phi) is 4.90. The van der Waals surface area contributed by atoms with Gasteiger partial charge in [-0.3, -0.25) is 0 Å². The van der Waals surface area contributed by atoms with Crippen molar-refractivity contribution < 1.29 is 13.9 Å². The molecule has 0 N–H and O–H groups in total. The topological polar surface area (TPSA) is 26.3 Å². The van der Waals surface area contributed by atoms with Gasteiger partial charge in [0.2, 0.25) is 0 Å². The van der Waals surface area contributed by atoms with Crippen molar-refractivity contribution >= 4 is 27.5 Å². The molecule has 0 aliphatic heterocycles. The first-order valence-corrected chi connectivity index (χ1v) is 8.32. The van der Waals surface area contributed by atoms with E-state index in [2.05, 4.69) is 15.9 Å². The smallest absolute Gasteiger partial charge is 0.335 e. The first kappa shape index (κ1) is 16.9. The maximum absolute atomic E-state index is 14.7. The Morgan fingerprint density at radius 1 is 1.32 bits per heavy atom. The Hall–Kier alpha value is -1.42. The summed E-state index contributed by atoms with van der Waals surface area (Å²) >= 11 is 3.18. The number of alkyl halides is 2. The van der Waals surface area contributed by atoms with Gasteiger partial charge in [0.25, 0.3) is 0 Å². The molecule has 1 aliphatic carbocycles. The fraction of sp³-hybridized carbons (Fsp3) is 0.389. The first-order chi connectivity index (χ1) is 10.2. The molecule has 1 atom stereocenters. The number of ether oxygens (including phenoxy) is 1. The molecular formula is C18H20BrFO2. The number of hydrogen-bond acceptors (Lipinski definition) is 2. The molecule has 0 amide bonds. The molecule has 0 saturated carbocycles. The van der Waals surface area contributed by atoms with E-state index in [9.17, 15) is 9.18 Å². The summed E-state index contributed by atoms with van der Waals surface area (Å²) in [5.74, 6) is -0.460. The first-order valence-electron chi connectivity index (χ1n) is 7.20. The van der Waals surface area contributed by atoms with Gasteiger partial charge >= 0.3 is 5.97 Å². The van der Waals surface area contributed by atoms with Gasteiger partial charge in [0.15, 0.2) is 0 Å². The highest BCUT2D eigenvalue weighted by Gasteiger charge is 2.35. The Bertz CT molecular complexity index is 614. The minimum absolute atomic E-state index is 0.00783. The maximum Gasteiger partial charge on any atom is 0.335 e. The molecule has 0 aromatic heterocycles. The number of benzene rings is 1. The van der Waals surface area contributed by atoms with Crippen LogP contribution in [0.2, 0.25) is 0 Å². The van der Waals surface area contributed by atoms with E-state index in [4.69, 9.17) is 4.74 Å². The molecule has 2 rings (SSSR count). The van der Waals surface area contributed by atoms with Crippen LogP contribution in [0.15, 0.2) is 48.1 Å². The fourth-order valence-electron chi connectivity index (χ4n) is 2.28. The van der Waals surface area contributed by atoms with Gasteiger partial charge in [-0.05, 0) is 38.0 Å². The standard InChI is InChI=1S/C18H20BrFO2/c1-17(2,3)22-16(21)15-11-18(20,12-19)10-9-14(15)13-7-5-4-6-8-13/h4-10H,11-12H2,1-3H3. The summed E-state index contributed by atoms with van der Waals surface area (Å²) in [4.78, 5) is 12.5. The van der Waals surface area contributed by atoms with Crippen LogP contribution in [-0.4, -0.2) is 22.6 Å². The summed E-state index contributed by atoms with van der Waals surface area (Å²) in [7, 11) is 0. The summed E-state index contributed by atoms with van der Waals surface area (Å²) in [5.41, 5.74) is -0.184. The number of halogens is 2. The second-order valence-electron chi connectivity index (χ2n) is 6.44. The van der Waals surface area contributed by atoms with Gasteiger partial charge in [-0.15, -0.1) is 0 Å². The number of esters is 1. The largest absolute Gasteiger partial charge is 0.457 e. The molecule has 22 heavy (non-hydrogen) atoms. The van der Waals surface area contributed by atoms with Crippen molar-refractivity contribution in [2.75, 3.05) is 5.33 Å². The molecule has 1 unspecified atom stereocenters. The minimum Gasteiger partial charge on any atom is -0.457 e. The SMILES string of the molecule is CC(C)(C)OC(=O)C1=C(c2ccccc2)C=CC(F)(CBr)C1. The lowest BCUT2D eigenvalue weighted by molar-refractivity contribution is -0.150. The van der Waals surface area contributed by atoms with E-state index in [0.717, 1.165) is 11.1 Å². The number of hydrogen-bond donors (Lipinski definition) is 0. The maximum atomic E-state index is 14.7. The molecule has 0 fully saturated rings. The summed E-state index contributed by atoms with van der Waals surface area (Å²) in [6.07, 6.45) is 3.20. The van der Waals surface area contributed by atoms with E-state index in [1.54, 1.807) is 26.8 Å². The van der Waals surface area contributed by atoms with Crippen LogP contribution in [0.5, 0.6) is 0 Å². The highest BCUT2D eigenvalue weighted by atomic mass is 79.9. The molecule has 1 aromatic carbocycles. The molecule has 4 heteroatoms. The van der Waals surface area contributed by atoms with Crippen LogP contribution < -0.4 is 0 Å². The normalized spacial score (nSPS) is 21.9. The van der Waals surface area contributed by atoms with E-state index in [-0.39, 0.29) is 11.8 Å². The van der Waals surface area contributed by atoms with Crippen molar-refractivity contribution in [1.29, 1.82) is 0 Å². The van der Waals surface area contributed by atoms with E-state index < -0.39 is 17.2 Å². The average molecular weight is 367 g/mol. The van der Waals surface area contributed by atoms with Crippen LogP contribution in [0, 0.1) is 0 Å². The van der Waals surface area contributed by atoms with Gasteiger partial charge in [-0.25, -0.2) is 9.18 Å².